The molecule has 2 atom stereocenters. The second kappa shape index (κ2) is 10.6. The number of likely N-dealkylation sites (tertiary alicyclic amines) is 1. The van der Waals surface area contributed by atoms with Crippen LogP contribution in [0.1, 0.15) is 37.5 Å². The van der Waals surface area contributed by atoms with Crippen LogP contribution in [0.4, 0.5) is 5.95 Å². The Bertz CT molecular complexity index is 1160. The maximum Gasteiger partial charge on any atom is 0.231 e. The maximum atomic E-state index is 11.1. The summed E-state index contributed by atoms with van der Waals surface area (Å²) >= 11 is 0. The minimum atomic E-state index is -0.286. The summed E-state index contributed by atoms with van der Waals surface area (Å²) in [5.74, 6) is 1.31. The molecule has 186 valence electrons. The quantitative estimate of drug-likeness (QED) is 0.432. The molecule has 5 rings (SSSR count). The van der Waals surface area contributed by atoms with E-state index in [1.165, 1.54) is 0 Å². The molecule has 4 N–H and O–H groups in total. The van der Waals surface area contributed by atoms with E-state index < -0.39 is 0 Å². The van der Waals surface area contributed by atoms with Gasteiger partial charge in [0.25, 0.3) is 0 Å². The van der Waals surface area contributed by atoms with Gasteiger partial charge in [0.2, 0.25) is 11.9 Å². The van der Waals surface area contributed by atoms with E-state index in [2.05, 4.69) is 26.9 Å². The zero-order valence-corrected chi connectivity index (χ0v) is 19.8. The van der Waals surface area contributed by atoms with Gasteiger partial charge in [0.15, 0.2) is 0 Å². The molecule has 0 saturated carbocycles. The number of imidazole rings is 1. The van der Waals surface area contributed by atoms with Crippen molar-refractivity contribution in [3.05, 3.63) is 54.1 Å². The number of aliphatic hydroxyl groups excluding tert-OH is 1. The lowest BCUT2D eigenvalue weighted by Crippen LogP contribution is -2.42. The molecule has 0 radical (unpaired) electrons. The third-order valence-corrected chi connectivity index (χ3v) is 6.74. The SMILES string of the molecule is NC(=O)CN1CCC(Oc2cccc(CNc3nc4ccccc4n3[C@H]3CC[C@@H](CO)O3)c2)CC1. The molecular formula is C26H33N5O4. The average Bonchev–Trinajstić information content (AvgIpc) is 3.48. The van der Waals surface area contributed by atoms with Crippen LogP contribution in [-0.4, -0.2) is 63.9 Å². The zero-order chi connectivity index (χ0) is 24.2. The Labute approximate surface area is 204 Å². The molecule has 2 saturated heterocycles. The summed E-state index contributed by atoms with van der Waals surface area (Å²) in [6.45, 7) is 2.55. The number of primary amides is 1. The summed E-state index contributed by atoms with van der Waals surface area (Å²) in [6, 6.07) is 16.1. The van der Waals surface area contributed by atoms with E-state index in [4.69, 9.17) is 20.2 Å². The van der Waals surface area contributed by atoms with Gasteiger partial charge < -0.3 is 25.6 Å². The van der Waals surface area contributed by atoms with Crippen LogP contribution in [0.2, 0.25) is 0 Å². The molecule has 3 heterocycles. The van der Waals surface area contributed by atoms with Gasteiger partial charge in [0.1, 0.15) is 18.1 Å². The molecule has 0 unspecified atom stereocenters. The van der Waals surface area contributed by atoms with Gasteiger partial charge in [-0.15, -0.1) is 0 Å². The number of aromatic nitrogens is 2. The van der Waals surface area contributed by atoms with Crippen LogP contribution in [-0.2, 0) is 16.1 Å². The molecule has 1 aromatic heterocycles. The van der Waals surface area contributed by atoms with Crippen LogP contribution in [0.25, 0.3) is 11.0 Å². The lowest BCUT2D eigenvalue weighted by atomic mass is 10.1. The Kier molecular flexibility index (Phi) is 7.17. The number of anilines is 1. The Morgan fingerprint density at radius 1 is 1.14 bits per heavy atom. The Balaban J connectivity index is 1.24. The monoisotopic (exact) mass is 479 g/mol. The minimum Gasteiger partial charge on any atom is -0.490 e. The molecule has 2 fully saturated rings. The number of aliphatic hydroxyl groups is 1. The molecule has 2 aliphatic heterocycles. The van der Waals surface area contributed by atoms with Crippen molar-refractivity contribution in [3.63, 3.8) is 0 Å². The lowest BCUT2D eigenvalue weighted by molar-refractivity contribution is -0.119. The highest BCUT2D eigenvalue weighted by molar-refractivity contribution is 5.78. The number of piperidine rings is 1. The van der Waals surface area contributed by atoms with Crippen LogP contribution in [0.3, 0.4) is 0 Å². The van der Waals surface area contributed by atoms with E-state index in [-0.39, 0.29) is 30.9 Å². The second-order valence-electron chi connectivity index (χ2n) is 9.33. The smallest absolute Gasteiger partial charge is 0.231 e. The van der Waals surface area contributed by atoms with Gasteiger partial charge in [-0.2, -0.15) is 0 Å². The number of carbonyl (C=O) groups excluding carboxylic acids is 1. The topological polar surface area (TPSA) is 115 Å². The number of amides is 1. The van der Waals surface area contributed by atoms with Crippen LogP contribution >= 0.6 is 0 Å². The number of nitrogens with zero attached hydrogens (tertiary/aromatic N) is 3. The first kappa shape index (κ1) is 23.6. The molecular weight excluding hydrogens is 446 g/mol. The fourth-order valence-electron chi connectivity index (χ4n) is 4.98. The standard InChI is InChI=1S/C26H33N5O4/c27-24(33)16-30-12-10-19(11-13-30)34-20-5-3-4-18(14-20)15-28-26-29-22-6-1-2-7-23(22)31(26)25-9-8-21(17-32)35-25/h1-7,14,19,21,25,32H,8-13,15-17H2,(H2,27,33)(H,28,29)/t21-,25+/m0/s1. The molecule has 1 amide bonds. The number of benzene rings is 2. The molecule has 35 heavy (non-hydrogen) atoms. The Hall–Kier alpha value is -3.14. The zero-order valence-electron chi connectivity index (χ0n) is 19.8. The van der Waals surface area contributed by atoms with E-state index in [0.717, 1.165) is 67.1 Å². The van der Waals surface area contributed by atoms with Gasteiger partial charge in [-0.1, -0.05) is 24.3 Å². The Morgan fingerprint density at radius 3 is 2.74 bits per heavy atom. The van der Waals surface area contributed by atoms with Gasteiger partial charge >= 0.3 is 0 Å². The number of hydrogen-bond donors (Lipinski definition) is 3. The number of para-hydroxylation sites is 2. The van der Waals surface area contributed by atoms with E-state index in [0.29, 0.717) is 13.1 Å². The van der Waals surface area contributed by atoms with Crippen molar-refractivity contribution in [1.82, 2.24) is 14.5 Å². The van der Waals surface area contributed by atoms with Gasteiger partial charge in [0.05, 0.1) is 30.3 Å². The molecule has 9 heteroatoms. The molecule has 3 aromatic rings. The number of ether oxygens (including phenoxy) is 2. The van der Waals surface area contributed by atoms with E-state index in [9.17, 15) is 9.90 Å². The lowest BCUT2D eigenvalue weighted by Gasteiger charge is -2.31. The second-order valence-corrected chi connectivity index (χ2v) is 9.33. The van der Waals surface area contributed by atoms with Gasteiger partial charge in [-0.25, -0.2) is 4.98 Å². The minimum absolute atomic E-state index is 0.0306. The number of carbonyl (C=O) groups is 1. The highest BCUT2D eigenvalue weighted by Gasteiger charge is 2.29. The summed E-state index contributed by atoms with van der Waals surface area (Å²) in [5.41, 5.74) is 8.32. The number of rotatable bonds is 9. The summed E-state index contributed by atoms with van der Waals surface area (Å²) in [5, 5.41) is 13.0. The number of fused-ring (bicyclic) bond motifs is 1. The van der Waals surface area contributed by atoms with Crippen LogP contribution in [0.15, 0.2) is 48.5 Å². The molecule has 0 bridgehead atoms. The van der Waals surface area contributed by atoms with Crippen molar-refractivity contribution in [2.24, 2.45) is 5.73 Å². The Morgan fingerprint density at radius 2 is 1.97 bits per heavy atom. The molecule has 2 aromatic carbocycles. The largest absolute Gasteiger partial charge is 0.490 e. The van der Waals surface area contributed by atoms with Crippen molar-refractivity contribution in [2.75, 3.05) is 31.6 Å². The molecule has 2 aliphatic rings. The predicted octanol–water partition coefficient (Wildman–Crippen LogP) is 2.65. The van der Waals surface area contributed by atoms with Crippen molar-refractivity contribution in [1.29, 1.82) is 0 Å². The van der Waals surface area contributed by atoms with Gasteiger partial charge in [-0.3, -0.25) is 14.3 Å². The van der Waals surface area contributed by atoms with Crippen LogP contribution < -0.4 is 15.8 Å². The highest BCUT2D eigenvalue weighted by Crippen LogP contribution is 2.34. The van der Waals surface area contributed by atoms with Crippen LogP contribution in [0, 0.1) is 0 Å². The van der Waals surface area contributed by atoms with Gasteiger partial charge in [0, 0.05) is 19.6 Å². The third-order valence-electron chi connectivity index (χ3n) is 6.74. The van der Waals surface area contributed by atoms with E-state index in [1.807, 2.05) is 36.4 Å². The highest BCUT2D eigenvalue weighted by atomic mass is 16.5. The van der Waals surface area contributed by atoms with Gasteiger partial charge in [-0.05, 0) is 55.5 Å². The molecule has 0 spiro atoms. The van der Waals surface area contributed by atoms with E-state index >= 15 is 0 Å². The fraction of sp³-hybridized carbons (Fsp3) is 0.462. The third kappa shape index (κ3) is 5.58. The van der Waals surface area contributed by atoms with Crippen molar-refractivity contribution < 1.29 is 19.4 Å². The molecule has 0 aliphatic carbocycles. The normalized spacial score (nSPS) is 21.4. The first-order valence-electron chi connectivity index (χ1n) is 12.3. The van der Waals surface area contributed by atoms with Crippen LogP contribution in [0.5, 0.6) is 5.75 Å². The number of nitrogens with one attached hydrogen (secondary N) is 1. The summed E-state index contributed by atoms with van der Waals surface area (Å²) in [6.07, 6.45) is 3.25. The predicted molar refractivity (Wildman–Crippen MR) is 133 cm³/mol. The summed E-state index contributed by atoms with van der Waals surface area (Å²) in [4.78, 5) is 18.0. The summed E-state index contributed by atoms with van der Waals surface area (Å²) in [7, 11) is 0. The number of hydrogen-bond acceptors (Lipinski definition) is 7. The average molecular weight is 480 g/mol. The first-order chi connectivity index (χ1) is 17.1. The maximum absolute atomic E-state index is 11.1. The number of nitrogens with two attached hydrogens (primary N) is 1. The summed E-state index contributed by atoms with van der Waals surface area (Å²) < 4.78 is 14.4. The van der Waals surface area contributed by atoms with Crippen molar-refractivity contribution in [3.8, 4) is 5.75 Å². The van der Waals surface area contributed by atoms with E-state index in [1.54, 1.807) is 0 Å². The van der Waals surface area contributed by atoms with Crippen molar-refractivity contribution in [2.45, 2.75) is 50.7 Å². The van der Waals surface area contributed by atoms with Crippen molar-refractivity contribution >= 4 is 22.9 Å². The molecule has 9 nitrogen and oxygen atoms in total. The first-order valence-corrected chi connectivity index (χ1v) is 12.3. The fourth-order valence-corrected chi connectivity index (χ4v) is 4.98.